The average Bonchev–Trinajstić information content (AvgIpc) is 3.44. The molecule has 1 saturated heterocycles. The van der Waals surface area contributed by atoms with Crippen LogP contribution in [0.25, 0.3) is 0 Å². The zero-order valence-corrected chi connectivity index (χ0v) is 15.6. The molecular formula is C20H22FN5O2. The molecule has 1 aromatic heterocycles. The first-order valence-electron chi connectivity index (χ1n) is 9.23. The minimum atomic E-state index is -0.500. The van der Waals surface area contributed by atoms with Crippen LogP contribution in [-0.4, -0.2) is 39.4 Å². The number of halogens is 1. The second-order valence-electron chi connectivity index (χ2n) is 7.42. The van der Waals surface area contributed by atoms with Crippen LogP contribution in [0.1, 0.15) is 30.0 Å². The van der Waals surface area contributed by atoms with E-state index in [4.69, 9.17) is 5.41 Å². The van der Waals surface area contributed by atoms with Crippen molar-refractivity contribution in [3.05, 3.63) is 64.1 Å². The zero-order valence-electron chi connectivity index (χ0n) is 15.6. The highest BCUT2D eigenvalue weighted by Crippen LogP contribution is 2.36. The Balaban J connectivity index is 1.57. The summed E-state index contributed by atoms with van der Waals surface area (Å²) in [4.78, 5) is 27.3. The number of likely N-dealkylation sites (tertiary alicyclic amines) is 1. The third kappa shape index (κ3) is 3.04. The normalized spacial score (nSPS) is 16.6. The van der Waals surface area contributed by atoms with Gasteiger partial charge in [-0.2, -0.15) is 4.57 Å². The van der Waals surface area contributed by atoms with Gasteiger partial charge in [-0.05, 0) is 36.5 Å². The monoisotopic (exact) mass is 383 g/mol. The molecule has 7 nitrogen and oxygen atoms in total. The van der Waals surface area contributed by atoms with Crippen molar-refractivity contribution in [1.29, 1.82) is 5.41 Å². The molecule has 0 bridgehead atoms. The lowest BCUT2D eigenvalue weighted by Gasteiger charge is -2.39. The summed E-state index contributed by atoms with van der Waals surface area (Å²) in [5, 5.41) is 10.7. The lowest BCUT2D eigenvalue weighted by Crippen LogP contribution is -2.52. The summed E-state index contributed by atoms with van der Waals surface area (Å²) in [6, 6.07) is 5.82. The molecule has 0 radical (unpaired) electrons. The zero-order chi connectivity index (χ0) is 20.0. The van der Waals surface area contributed by atoms with Gasteiger partial charge in [0, 0.05) is 38.0 Å². The van der Waals surface area contributed by atoms with Gasteiger partial charge < -0.3 is 15.6 Å². The summed E-state index contributed by atoms with van der Waals surface area (Å²) in [5.41, 5.74) is 1.55. The van der Waals surface area contributed by atoms with Crippen molar-refractivity contribution >= 4 is 18.1 Å². The van der Waals surface area contributed by atoms with Crippen molar-refractivity contribution in [3.63, 3.8) is 0 Å². The van der Waals surface area contributed by atoms with Crippen LogP contribution in [0.15, 0.2) is 41.3 Å². The highest BCUT2D eigenvalue weighted by atomic mass is 19.1. The van der Waals surface area contributed by atoms with Crippen molar-refractivity contribution in [2.45, 2.75) is 18.8 Å². The number of nitrogens with one attached hydrogen (secondary N) is 2. The summed E-state index contributed by atoms with van der Waals surface area (Å²) in [5.74, 6) is 0.445. The van der Waals surface area contributed by atoms with Crippen molar-refractivity contribution in [1.82, 2.24) is 14.0 Å². The molecule has 0 spiro atoms. The first-order chi connectivity index (χ1) is 13.4. The van der Waals surface area contributed by atoms with E-state index in [1.54, 1.807) is 17.0 Å². The van der Waals surface area contributed by atoms with E-state index in [0.29, 0.717) is 24.7 Å². The van der Waals surface area contributed by atoms with Gasteiger partial charge in [0.1, 0.15) is 17.3 Å². The average molecular weight is 383 g/mol. The lowest BCUT2D eigenvalue weighted by molar-refractivity contribution is 0.152. The number of allylic oxidation sites excluding steroid dienone is 1. The fraction of sp³-hybridized carbons (Fsp3) is 0.350. The maximum Gasteiger partial charge on any atom is 0.338 e. The van der Waals surface area contributed by atoms with Crippen LogP contribution < -0.4 is 11.0 Å². The summed E-state index contributed by atoms with van der Waals surface area (Å²) in [6.45, 7) is 4.90. The molecule has 28 heavy (non-hydrogen) atoms. The molecule has 1 aliphatic carbocycles. The summed E-state index contributed by atoms with van der Waals surface area (Å²) in [6.07, 6.45) is 3.12. The molecule has 1 aliphatic heterocycles. The third-order valence-corrected chi connectivity index (χ3v) is 5.48. The molecule has 1 amide bonds. The molecule has 1 aromatic carbocycles. The van der Waals surface area contributed by atoms with Crippen LogP contribution in [0.4, 0.5) is 15.0 Å². The van der Waals surface area contributed by atoms with Crippen molar-refractivity contribution in [3.8, 4) is 0 Å². The number of aromatic nitrogens is 2. The second kappa shape index (κ2) is 6.78. The van der Waals surface area contributed by atoms with Gasteiger partial charge >= 0.3 is 11.7 Å². The Hall–Kier alpha value is -3.16. The van der Waals surface area contributed by atoms with Crippen LogP contribution in [0, 0.1) is 17.1 Å². The number of carbonyl (C=O) groups excluding carboxylic acids is 1. The molecule has 0 atom stereocenters. The Bertz CT molecular complexity index is 1010. The highest BCUT2D eigenvalue weighted by Gasteiger charge is 2.36. The quantitative estimate of drug-likeness (QED) is 0.779. The van der Waals surface area contributed by atoms with Crippen LogP contribution in [-0.2, 0) is 7.05 Å². The predicted molar refractivity (Wildman–Crippen MR) is 105 cm³/mol. The molecule has 2 N–H and O–H groups in total. The van der Waals surface area contributed by atoms with E-state index in [0.717, 1.165) is 34.9 Å². The number of amides is 1. The number of imidazole rings is 1. The molecule has 2 aromatic rings. The first kappa shape index (κ1) is 18.2. The van der Waals surface area contributed by atoms with Crippen LogP contribution in [0.3, 0.4) is 0 Å². The smallest absolute Gasteiger partial charge is 0.338 e. The molecule has 4 rings (SSSR count). The number of hydrogen-bond acceptors (Lipinski definition) is 4. The lowest BCUT2D eigenvalue weighted by atomic mass is 9.92. The largest absolute Gasteiger partial charge is 0.343 e. The Morgan fingerprint density at radius 2 is 1.93 bits per heavy atom. The molecule has 1 saturated carbocycles. The molecular weight excluding hydrogens is 361 g/mol. The minimum absolute atomic E-state index is 0.115. The van der Waals surface area contributed by atoms with Gasteiger partial charge in [0.05, 0.1) is 0 Å². The van der Waals surface area contributed by atoms with Crippen LogP contribution in [0.5, 0.6) is 0 Å². The Morgan fingerprint density at radius 3 is 2.50 bits per heavy atom. The predicted octanol–water partition coefficient (Wildman–Crippen LogP) is 2.73. The Labute approximate surface area is 161 Å². The van der Waals surface area contributed by atoms with E-state index in [2.05, 4.69) is 11.9 Å². The van der Waals surface area contributed by atoms with E-state index in [1.165, 1.54) is 23.7 Å². The molecule has 2 heterocycles. The van der Waals surface area contributed by atoms with Gasteiger partial charge in [0.15, 0.2) is 0 Å². The number of anilines is 1. The molecule has 2 fully saturated rings. The SMILES string of the molecule is C=C(Nc1c(C=N)n(C)c(=O)n1C(=O)N1CC(c2ccc(F)cc2)C1)C1CC1. The van der Waals surface area contributed by atoms with E-state index in [1.807, 2.05) is 0 Å². The number of rotatable bonds is 5. The molecule has 2 aliphatic rings. The van der Waals surface area contributed by atoms with Crippen LogP contribution >= 0.6 is 0 Å². The standard InChI is InChI=1S/C20H22FN5O2/c1-12(13-3-4-13)23-18-17(9-22)24(2)19(27)26(18)20(28)25-10-15(11-25)14-5-7-16(21)8-6-14/h5-9,13,15,22-23H,1,3-4,10-11H2,2H3. The van der Waals surface area contributed by atoms with Crippen LogP contribution in [0.2, 0.25) is 0 Å². The maximum atomic E-state index is 13.1. The number of nitrogens with zero attached hydrogens (tertiary/aromatic N) is 3. The fourth-order valence-electron chi connectivity index (χ4n) is 3.49. The second-order valence-corrected chi connectivity index (χ2v) is 7.42. The minimum Gasteiger partial charge on any atom is -0.343 e. The highest BCUT2D eigenvalue weighted by molar-refractivity contribution is 5.89. The van der Waals surface area contributed by atoms with Gasteiger partial charge in [-0.1, -0.05) is 18.7 Å². The van der Waals surface area contributed by atoms with E-state index in [9.17, 15) is 14.0 Å². The van der Waals surface area contributed by atoms with E-state index in [-0.39, 0.29) is 17.6 Å². The maximum absolute atomic E-state index is 13.1. The number of carbonyl (C=O) groups is 1. The third-order valence-electron chi connectivity index (χ3n) is 5.48. The molecule has 0 unspecified atom stereocenters. The van der Waals surface area contributed by atoms with Crippen molar-refractivity contribution < 1.29 is 9.18 Å². The van der Waals surface area contributed by atoms with E-state index < -0.39 is 11.7 Å². The van der Waals surface area contributed by atoms with Gasteiger partial charge in [-0.25, -0.2) is 14.0 Å². The van der Waals surface area contributed by atoms with Crippen molar-refractivity contribution in [2.75, 3.05) is 18.4 Å². The number of hydrogen-bond donors (Lipinski definition) is 2. The van der Waals surface area contributed by atoms with Gasteiger partial charge in [0.25, 0.3) is 0 Å². The van der Waals surface area contributed by atoms with E-state index >= 15 is 0 Å². The molecule has 146 valence electrons. The van der Waals surface area contributed by atoms with Gasteiger partial charge in [-0.15, -0.1) is 0 Å². The van der Waals surface area contributed by atoms with Gasteiger partial charge in [-0.3, -0.25) is 4.57 Å². The summed E-state index contributed by atoms with van der Waals surface area (Å²) < 4.78 is 15.4. The molecule has 8 heteroatoms. The number of benzene rings is 1. The Morgan fingerprint density at radius 1 is 1.29 bits per heavy atom. The summed E-state index contributed by atoms with van der Waals surface area (Å²) in [7, 11) is 1.54. The Kier molecular flexibility index (Phi) is 4.41. The summed E-state index contributed by atoms with van der Waals surface area (Å²) >= 11 is 0. The topological polar surface area (TPSA) is 83.1 Å². The fourth-order valence-corrected chi connectivity index (χ4v) is 3.49. The van der Waals surface area contributed by atoms with Gasteiger partial charge in [0.2, 0.25) is 0 Å². The first-order valence-corrected chi connectivity index (χ1v) is 9.23. The van der Waals surface area contributed by atoms with Crippen molar-refractivity contribution in [2.24, 2.45) is 13.0 Å².